The third-order valence-corrected chi connectivity index (χ3v) is 7.83. The van der Waals surface area contributed by atoms with E-state index in [0.717, 1.165) is 25.0 Å². The molecule has 27 heavy (non-hydrogen) atoms. The molecule has 11 heteroatoms. The molecule has 0 amide bonds. The van der Waals surface area contributed by atoms with Crippen molar-refractivity contribution in [3.8, 4) is 0 Å². The fourth-order valence-corrected chi connectivity index (χ4v) is 5.77. The Morgan fingerprint density at radius 3 is 2.22 bits per heavy atom. The number of rotatable bonds is 5. The molecule has 1 heterocycles. The summed E-state index contributed by atoms with van der Waals surface area (Å²) in [4.78, 5) is -0.725. The molecule has 0 radical (unpaired) electrons. The van der Waals surface area contributed by atoms with Gasteiger partial charge in [-0.15, -0.1) is 0 Å². The fourth-order valence-electron chi connectivity index (χ4n) is 2.69. The minimum atomic E-state index is -4.25. The summed E-state index contributed by atoms with van der Waals surface area (Å²) in [6.45, 7) is 0.729. The normalized spacial score (nSPS) is 15.8. The SMILES string of the molecule is O=S(=O)(Nc1ccc(Cl)c(S(=O)(=O)N2CCCC2)c1)c1ccc(F)c(F)c1. The first-order valence-corrected chi connectivity index (χ1v) is 11.2. The van der Waals surface area contributed by atoms with Crippen LogP contribution in [0.15, 0.2) is 46.2 Å². The fraction of sp³-hybridized carbons (Fsp3) is 0.250. The van der Waals surface area contributed by atoms with E-state index in [2.05, 4.69) is 4.72 Å². The summed E-state index contributed by atoms with van der Waals surface area (Å²) in [6.07, 6.45) is 1.47. The predicted molar refractivity (Wildman–Crippen MR) is 96.6 cm³/mol. The first kappa shape index (κ1) is 20.0. The van der Waals surface area contributed by atoms with Crippen molar-refractivity contribution in [3.63, 3.8) is 0 Å². The van der Waals surface area contributed by atoms with Gasteiger partial charge in [-0.3, -0.25) is 4.72 Å². The van der Waals surface area contributed by atoms with Crippen LogP contribution in [0.4, 0.5) is 14.5 Å². The zero-order valence-corrected chi connectivity index (χ0v) is 16.2. The van der Waals surface area contributed by atoms with E-state index in [1.807, 2.05) is 0 Å². The Hall–Kier alpha value is -1.75. The van der Waals surface area contributed by atoms with Gasteiger partial charge in [-0.05, 0) is 49.2 Å². The van der Waals surface area contributed by atoms with Gasteiger partial charge in [0.15, 0.2) is 11.6 Å². The molecule has 0 saturated carbocycles. The molecule has 3 rings (SSSR count). The lowest BCUT2D eigenvalue weighted by atomic mass is 10.3. The minimum absolute atomic E-state index is 0.0438. The first-order chi connectivity index (χ1) is 12.6. The molecular formula is C16H15ClF2N2O4S2. The van der Waals surface area contributed by atoms with Crippen LogP contribution in [0.5, 0.6) is 0 Å². The third kappa shape index (κ3) is 4.08. The lowest BCUT2D eigenvalue weighted by Gasteiger charge is -2.17. The average Bonchev–Trinajstić information content (AvgIpc) is 3.14. The number of anilines is 1. The molecule has 146 valence electrons. The zero-order chi connectivity index (χ0) is 19.8. The molecule has 0 atom stereocenters. The predicted octanol–water partition coefficient (Wildman–Crippen LogP) is 3.20. The van der Waals surface area contributed by atoms with Crippen molar-refractivity contribution in [2.75, 3.05) is 17.8 Å². The highest BCUT2D eigenvalue weighted by atomic mass is 35.5. The highest BCUT2D eigenvalue weighted by Crippen LogP contribution is 2.30. The molecule has 0 bridgehead atoms. The molecule has 1 aliphatic heterocycles. The molecule has 0 aliphatic carbocycles. The van der Waals surface area contributed by atoms with Gasteiger partial charge < -0.3 is 0 Å². The van der Waals surface area contributed by atoms with Crippen LogP contribution in [-0.4, -0.2) is 34.2 Å². The quantitative estimate of drug-likeness (QED) is 0.780. The Balaban J connectivity index is 1.95. The van der Waals surface area contributed by atoms with Crippen molar-refractivity contribution in [3.05, 3.63) is 53.1 Å². The summed E-state index contributed by atoms with van der Waals surface area (Å²) in [5.74, 6) is -2.49. The Morgan fingerprint density at radius 1 is 0.926 bits per heavy atom. The lowest BCUT2D eigenvalue weighted by Crippen LogP contribution is -2.28. The number of nitrogens with zero attached hydrogens (tertiary/aromatic N) is 1. The van der Waals surface area contributed by atoms with Crippen molar-refractivity contribution in [1.29, 1.82) is 0 Å². The molecule has 2 aromatic carbocycles. The highest BCUT2D eigenvalue weighted by Gasteiger charge is 2.29. The first-order valence-electron chi connectivity index (χ1n) is 7.89. The second kappa shape index (κ2) is 7.34. The van der Waals surface area contributed by atoms with E-state index in [9.17, 15) is 25.6 Å². The van der Waals surface area contributed by atoms with Gasteiger partial charge in [0, 0.05) is 13.1 Å². The second-order valence-corrected chi connectivity index (χ2v) is 9.93. The van der Waals surface area contributed by atoms with E-state index in [1.54, 1.807) is 0 Å². The maximum absolute atomic E-state index is 13.3. The molecular weight excluding hydrogens is 422 g/mol. The van der Waals surface area contributed by atoms with Crippen LogP contribution in [-0.2, 0) is 20.0 Å². The van der Waals surface area contributed by atoms with E-state index in [-0.39, 0.29) is 15.6 Å². The summed E-state index contributed by atoms with van der Waals surface area (Å²) in [5.41, 5.74) is -0.0677. The van der Waals surface area contributed by atoms with E-state index >= 15 is 0 Å². The van der Waals surface area contributed by atoms with Crippen LogP contribution < -0.4 is 4.72 Å². The van der Waals surface area contributed by atoms with Crippen LogP contribution in [0.25, 0.3) is 0 Å². The van der Waals surface area contributed by atoms with Crippen molar-refractivity contribution < 1.29 is 25.6 Å². The average molecular weight is 437 g/mol. The number of halogens is 3. The standard InChI is InChI=1S/C16H15ClF2N2O4S2/c17-13-5-3-11(9-16(13)27(24,25)21-7-1-2-8-21)20-26(22,23)12-4-6-14(18)15(19)10-12/h3-6,9-10,20H,1-2,7-8H2. The van der Waals surface area contributed by atoms with E-state index in [1.165, 1.54) is 16.4 Å². The van der Waals surface area contributed by atoms with Crippen LogP contribution in [0, 0.1) is 11.6 Å². The Bertz CT molecular complexity index is 1090. The number of hydrogen-bond acceptors (Lipinski definition) is 4. The molecule has 1 aliphatic rings. The van der Waals surface area contributed by atoms with Crippen molar-refractivity contribution in [2.24, 2.45) is 0 Å². The summed E-state index contributed by atoms with van der Waals surface area (Å²) in [6, 6.07) is 5.77. The van der Waals surface area contributed by atoms with Gasteiger partial charge in [0.25, 0.3) is 10.0 Å². The van der Waals surface area contributed by atoms with Crippen LogP contribution >= 0.6 is 11.6 Å². The molecule has 0 spiro atoms. The van der Waals surface area contributed by atoms with Crippen LogP contribution in [0.3, 0.4) is 0 Å². The molecule has 1 saturated heterocycles. The monoisotopic (exact) mass is 436 g/mol. The maximum Gasteiger partial charge on any atom is 0.261 e. The number of sulfonamides is 2. The number of benzene rings is 2. The Morgan fingerprint density at radius 2 is 1.59 bits per heavy atom. The van der Waals surface area contributed by atoms with E-state index < -0.39 is 36.6 Å². The molecule has 2 aromatic rings. The van der Waals surface area contributed by atoms with Gasteiger partial charge in [0.05, 0.1) is 15.6 Å². The molecule has 6 nitrogen and oxygen atoms in total. The Labute approximate surface area is 160 Å². The summed E-state index contributed by atoms with van der Waals surface area (Å²) >= 11 is 6.01. The number of hydrogen-bond donors (Lipinski definition) is 1. The largest absolute Gasteiger partial charge is 0.280 e. The van der Waals surface area contributed by atoms with Gasteiger partial charge in [0.1, 0.15) is 4.90 Å². The van der Waals surface area contributed by atoms with E-state index in [0.29, 0.717) is 25.2 Å². The maximum atomic E-state index is 13.3. The van der Waals surface area contributed by atoms with Gasteiger partial charge >= 0.3 is 0 Å². The highest BCUT2D eigenvalue weighted by molar-refractivity contribution is 7.92. The smallest absolute Gasteiger partial charge is 0.261 e. The van der Waals surface area contributed by atoms with Gasteiger partial charge in [-0.1, -0.05) is 11.6 Å². The van der Waals surface area contributed by atoms with Crippen molar-refractivity contribution in [2.45, 2.75) is 22.6 Å². The summed E-state index contributed by atoms with van der Waals surface area (Å²) < 4.78 is 79.9. The summed E-state index contributed by atoms with van der Waals surface area (Å²) in [7, 11) is -8.12. The van der Waals surface area contributed by atoms with Crippen molar-refractivity contribution in [1.82, 2.24) is 4.31 Å². The molecule has 1 fully saturated rings. The lowest BCUT2D eigenvalue weighted by molar-refractivity contribution is 0.477. The van der Waals surface area contributed by atoms with Gasteiger partial charge in [-0.2, -0.15) is 4.31 Å². The molecule has 1 N–H and O–H groups in total. The van der Waals surface area contributed by atoms with Gasteiger partial charge in [0.2, 0.25) is 10.0 Å². The van der Waals surface area contributed by atoms with Crippen LogP contribution in [0.1, 0.15) is 12.8 Å². The van der Waals surface area contributed by atoms with E-state index in [4.69, 9.17) is 11.6 Å². The van der Waals surface area contributed by atoms with Crippen LogP contribution in [0.2, 0.25) is 5.02 Å². The number of nitrogens with one attached hydrogen (secondary N) is 1. The molecule has 0 unspecified atom stereocenters. The summed E-state index contributed by atoms with van der Waals surface area (Å²) in [5, 5.41) is -0.0438. The Kier molecular flexibility index (Phi) is 5.44. The minimum Gasteiger partial charge on any atom is -0.280 e. The second-order valence-electron chi connectivity index (χ2n) is 5.94. The third-order valence-electron chi connectivity index (χ3n) is 4.07. The topological polar surface area (TPSA) is 83.5 Å². The molecule has 0 aromatic heterocycles. The van der Waals surface area contributed by atoms with Gasteiger partial charge in [-0.25, -0.2) is 25.6 Å². The zero-order valence-electron chi connectivity index (χ0n) is 13.8. The van der Waals surface area contributed by atoms with Crippen molar-refractivity contribution >= 4 is 37.3 Å².